The van der Waals surface area contributed by atoms with Crippen LogP contribution in [-0.2, 0) is 24.0 Å². The van der Waals surface area contributed by atoms with E-state index in [1.54, 1.807) is 6.26 Å². The first-order valence-corrected chi connectivity index (χ1v) is 12.1. The van der Waals surface area contributed by atoms with Crippen LogP contribution in [0.3, 0.4) is 0 Å². The van der Waals surface area contributed by atoms with Crippen LogP contribution in [0.2, 0.25) is 0 Å². The fourth-order valence-electron chi connectivity index (χ4n) is 2.76. The number of rotatable bonds is 17. The Bertz CT molecular complexity index is 776. The molecular formula is C19H36N8O7S. The Hall–Kier alpha value is -3.11. The molecule has 5 atom stereocenters. The lowest BCUT2D eigenvalue weighted by molar-refractivity contribution is -0.145. The number of aliphatic hydroxyl groups is 1. The zero-order valence-corrected chi connectivity index (χ0v) is 20.5. The zero-order valence-electron chi connectivity index (χ0n) is 19.7. The van der Waals surface area contributed by atoms with Crippen molar-refractivity contribution in [3.05, 3.63) is 0 Å². The molecule has 15 nitrogen and oxygen atoms in total. The van der Waals surface area contributed by atoms with E-state index >= 15 is 0 Å². The van der Waals surface area contributed by atoms with E-state index in [1.807, 2.05) is 0 Å². The fourth-order valence-corrected chi connectivity index (χ4v) is 3.23. The SMILES string of the molecule is CSCCC(NC(=O)C(N)CCCN=C(N)N)C(=O)NC(CC(N)=O)C(=O)NC(C(=O)O)C(C)O. The van der Waals surface area contributed by atoms with Gasteiger partial charge in [-0.3, -0.25) is 24.2 Å². The highest BCUT2D eigenvalue weighted by Crippen LogP contribution is 2.05. The molecule has 0 spiro atoms. The molecule has 0 aliphatic rings. The van der Waals surface area contributed by atoms with Gasteiger partial charge in [-0.05, 0) is 38.2 Å². The first kappa shape index (κ1) is 31.9. The number of carbonyl (C=O) groups excluding carboxylic acids is 4. The highest BCUT2D eigenvalue weighted by atomic mass is 32.2. The maximum atomic E-state index is 12.9. The predicted octanol–water partition coefficient (Wildman–Crippen LogP) is -4.08. The Balaban J connectivity index is 5.37. The Labute approximate surface area is 207 Å². The van der Waals surface area contributed by atoms with Gasteiger partial charge in [-0.25, -0.2) is 4.79 Å². The smallest absolute Gasteiger partial charge is 0.328 e. The van der Waals surface area contributed by atoms with Gasteiger partial charge in [-0.15, -0.1) is 0 Å². The molecule has 0 radical (unpaired) electrons. The number of nitrogens with two attached hydrogens (primary N) is 4. The van der Waals surface area contributed by atoms with Gasteiger partial charge in [-0.2, -0.15) is 11.8 Å². The highest BCUT2D eigenvalue weighted by molar-refractivity contribution is 7.98. The molecule has 0 aliphatic heterocycles. The number of aliphatic imine (C=N–C) groups is 1. The molecule has 4 amide bonds. The first-order chi connectivity index (χ1) is 16.3. The van der Waals surface area contributed by atoms with Crippen molar-refractivity contribution in [3.63, 3.8) is 0 Å². The van der Waals surface area contributed by atoms with Gasteiger partial charge in [0.2, 0.25) is 23.6 Å². The summed E-state index contributed by atoms with van der Waals surface area (Å²) in [6.45, 7) is 1.42. The lowest BCUT2D eigenvalue weighted by Gasteiger charge is -2.25. The van der Waals surface area contributed by atoms with Gasteiger partial charge >= 0.3 is 5.97 Å². The summed E-state index contributed by atoms with van der Waals surface area (Å²) in [5.74, 6) is -4.55. The molecule has 0 aromatic heterocycles. The minimum Gasteiger partial charge on any atom is -0.480 e. The Morgan fingerprint density at radius 1 is 0.943 bits per heavy atom. The molecule has 0 heterocycles. The molecular weight excluding hydrogens is 484 g/mol. The van der Waals surface area contributed by atoms with E-state index in [4.69, 9.17) is 28.0 Å². The third-order valence-corrected chi connectivity index (χ3v) is 5.28. The van der Waals surface area contributed by atoms with Crippen molar-refractivity contribution in [2.75, 3.05) is 18.6 Å². The number of carboxylic acid groups (broad SMARTS) is 1. The number of amides is 4. The number of aliphatic hydroxyl groups excluding tert-OH is 1. The van der Waals surface area contributed by atoms with Gasteiger partial charge in [0.15, 0.2) is 12.0 Å². The van der Waals surface area contributed by atoms with Crippen LogP contribution in [0.15, 0.2) is 4.99 Å². The molecule has 0 aliphatic carbocycles. The van der Waals surface area contributed by atoms with Crippen LogP contribution in [0, 0.1) is 0 Å². The summed E-state index contributed by atoms with van der Waals surface area (Å²) in [6.07, 6.45) is 0.527. The molecule has 200 valence electrons. The van der Waals surface area contributed by atoms with Crippen LogP contribution in [0.25, 0.3) is 0 Å². The molecule has 35 heavy (non-hydrogen) atoms. The molecule has 0 aromatic carbocycles. The second-order valence-electron chi connectivity index (χ2n) is 7.69. The van der Waals surface area contributed by atoms with Gasteiger partial charge < -0.3 is 49.1 Å². The fraction of sp³-hybridized carbons (Fsp3) is 0.684. The molecule has 0 fully saturated rings. The Morgan fingerprint density at radius 2 is 1.51 bits per heavy atom. The number of guanidine groups is 1. The number of hydrogen-bond donors (Lipinski definition) is 9. The van der Waals surface area contributed by atoms with Gasteiger partial charge in [-0.1, -0.05) is 0 Å². The van der Waals surface area contributed by atoms with Crippen LogP contribution in [0.5, 0.6) is 0 Å². The second-order valence-corrected chi connectivity index (χ2v) is 8.68. The third kappa shape index (κ3) is 13.4. The lowest BCUT2D eigenvalue weighted by atomic mass is 10.1. The van der Waals surface area contributed by atoms with Crippen LogP contribution >= 0.6 is 11.8 Å². The maximum absolute atomic E-state index is 12.9. The minimum atomic E-state index is -1.68. The molecule has 16 heteroatoms. The predicted molar refractivity (Wildman–Crippen MR) is 130 cm³/mol. The quantitative estimate of drug-likeness (QED) is 0.0505. The molecule has 0 aromatic rings. The van der Waals surface area contributed by atoms with Crippen molar-refractivity contribution in [2.24, 2.45) is 27.9 Å². The molecule has 0 rings (SSSR count). The topological polar surface area (TPSA) is 278 Å². The number of nitrogens with one attached hydrogen (secondary N) is 3. The Kier molecular flexibility index (Phi) is 15.0. The number of primary amides is 1. The number of thioether (sulfide) groups is 1. The molecule has 0 saturated heterocycles. The largest absolute Gasteiger partial charge is 0.480 e. The maximum Gasteiger partial charge on any atom is 0.328 e. The van der Waals surface area contributed by atoms with E-state index in [2.05, 4.69) is 20.9 Å². The van der Waals surface area contributed by atoms with Gasteiger partial charge in [0.25, 0.3) is 0 Å². The van der Waals surface area contributed by atoms with Crippen molar-refractivity contribution in [2.45, 2.75) is 62.9 Å². The monoisotopic (exact) mass is 520 g/mol. The minimum absolute atomic E-state index is 0.0884. The average Bonchev–Trinajstić information content (AvgIpc) is 2.75. The van der Waals surface area contributed by atoms with Crippen molar-refractivity contribution in [3.8, 4) is 0 Å². The van der Waals surface area contributed by atoms with Crippen LogP contribution in [-0.4, -0.2) is 94.6 Å². The van der Waals surface area contributed by atoms with Crippen molar-refractivity contribution in [1.82, 2.24) is 16.0 Å². The summed E-state index contributed by atoms with van der Waals surface area (Å²) in [6, 6.07) is -5.28. The van der Waals surface area contributed by atoms with Crippen LogP contribution in [0.1, 0.15) is 32.6 Å². The van der Waals surface area contributed by atoms with Crippen molar-refractivity contribution in [1.29, 1.82) is 0 Å². The van der Waals surface area contributed by atoms with Crippen molar-refractivity contribution < 1.29 is 34.2 Å². The van der Waals surface area contributed by atoms with Crippen molar-refractivity contribution >= 4 is 47.3 Å². The van der Waals surface area contributed by atoms with E-state index in [-0.39, 0.29) is 25.3 Å². The lowest BCUT2D eigenvalue weighted by Crippen LogP contribution is -2.59. The number of nitrogens with zero attached hydrogens (tertiary/aromatic N) is 1. The summed E-state index contributed by atoms with van der Waals surface area (Å²) in [5.41, 5.74) is 21.5. The number of hydrogen-bond acceptors (Lipinski definition) is 9. The van der Waals surface area contributed by atoms with Gasteiger partial charge in [0.1, 0.15) is 12.1 Å². The summed E-state index contributed by atoms with van der Waals surface area (Å²) in [5, 5.41) is 25.6. The van der Waals surface area contributed by atoms with E-state index in [0.29, 0.717) is 12.2 Å². The normalized spacial score (nSPS) is 15.0. The van der Waals surface area contributed by atoms with E-state index < -0.39 is 66.3 Å². The molecule has 13 N–H and O–H groups in total. The average molecular weight is 521 g/mol. The Morgan fingerprint density at radius 3 is 2.00 bits per heavy atom. The van der Waals surface area contributed by atoms with E-state index in [0.717, 1.165) is 6.92 Å². The summed E-state index contributed by atoms with van der Waals surface area (Å²) in [4.78, 5) is 64.4. The summed E-state index contributed by atoms with van der Waals surface area (Å²) >= 11 is 1.41. The summed E-state index contributed by atoms with van der Waals surface area (Å²) in [7, 11) is 0. The highest BCUT2D eigenvalue weighted by Gasteiger charge is 2.32. The van der Waals surface area contributed by atoms with Crippen LogP contribution in [0.4, 0.5) is 0 Å². The number of aliphatic carboxylic acids is 1. The standard InChI is InChI=1S/C19H36N8O7S/c1-9(28)14(18(33)34)27-17(32)12(8-13(21)29)26-16(31)11(5-7-35-2)25-15(30)10(20)4-3-6-24-19(22)23/h9-12,14,28H,3-8,20H2,1-2H3,(H2,21,29)(H,25,30)(H,26,31)(H,27,32)(H,33,34)(H4,22,23,24). The van der Waals surface area contributed by atoms with Crippen LogP contribution < -0.4 is 38.9 Å². The van der Waals surface area contributed by atoms with Gasteiger partial charge in [0, 0.05) is 6.54 Å². The second kappa shape index (κ2) is 16.5. The zero-order chi connectivity index (χ0) is 27.1. The van der Waals surface area contributed by atoms with Gasteiger partial charge in [0.05, 0.1) is 18.6 Å². The summed E-state index contributed by atoms with van der Waals surface area (Å²) < 4.78 is 0. The van der Waals surface area contributed by atoms with E-state index in [9.17, 15) is 29.1 Å². The number of carbonyl (C=O) groups is 5. The van der Waals surface area contributed by atoms with E-state index in [1.165, 1.54) is 11.8 Å². The third-order valence-electron chi connectivity index (χ3n) is 4.63. The molecule has 0 bridgehead atoms. The number of carboxylic acids is 1. The molecule has 0 saturated carbocycles. The first-order valence-electron chi connectivity index (χ1n) is 10.7. The molecule has 5 unspecified atom stereocenters.